The molecule has 0 unspecified atom stereocenters. The first-order chi connectivity index (χ1) is 13.1. The number of carbonyl (C=O) groups excluding carboxylic acids is 2. The van der Waals surface area contributed by atoms with Crippen molar-refractivity contribution in [1.82, 2.24) is 10.3 Å². The average Bonchev–Trinajstić information content (AvgIpc) is 3.22. The predicted octanol–water partition coefficient (Wildman–Crippen LogP) is 3.77. The number of benzene rings is 1. The maximum Gasteiger partial charge on any atom is 0.228 e. The Balaban J connectivity index is 1.72. The molecule has 3 rings (SSSR count). The van der Waals surface area contributed by atoms with Crippen LogP contribution in [0, 0.1) is 0 Å². The zero-order valence-corrected chi connectivity index (χ0v) is 16.5. The van der Waals surface area contributed by atoms with E-state index in [9.17, 15) is 9.59 Å². The van der Waals surface area contributed by atoms with E-state index in [0.717, 1.165) is 34.7 Å². The summed E-state index contributed by atoms with van der Waals surface area (Å²) >= 11 is 1.52. The standard InChI is InChI=1S/C20H25N3O3S/c1-3-5-16-19(13-6-9-15(10-7-13)26-4-2)23-20(27-16)22-18(25)12-14-8-11-17(24)21-14/h6-7,9-10,14H,3-5,8,11-12H2,1-2H3,(H,21,24)(H,22,23,25)/t14-/m0/s1. The van der Waals surface area contributed by atoms with Crippen LogP contribution in [0.3, 0.4) is 0 Å². The van der Waals surface area contributed by atoms with Crippen molar-refractivity contribution in [2.24, 2.45) is 0 Å². The van der Waals surface area contributed by atoms with Gasteiger partial charge in [0, 0.05) is 29.3 Å². The molecule has 2 heterocycles. The third kappa shape index (κ3) is 5.07. The van der Waals surface area contributed by atoms with E-state index < -0.39 is 0 Å². The molecule has 0 saturated carbocycles. The molecule has 0 bridgehead atoms. The average molecular weight is 388 g/mol. The first kappa shape index (κ1) is 19.4. The number of ether oxygens (including phenoxy) is 1. The van der Waals surface area contributed by atoms with E-state index in [2.05, 4.69) is 22.5 Å². The van der Waals surface area contributed by atoms with Crippen LogP contribution in [-0.4, -0.2) is 29.4 Å². The number of nitrogens with zero attached hydrogens (tertiary/aromatic N) is 1. The Labute approximate surface area is 163 Å². The van der Waals surface area contributed by atoms with Crippen LogP contribution in [0.5, 0.6) is 5.75 Å². The Morgan fingerprint density at radius 2 is 2.11 bits per heavy atom. The van der Waals surface area contributed by atoms with Crippen molar-refractivity contribution in [3.05, 3.63) is 29.1 Å². The lowest BCUT2D eigenvalue weighted by atomic mass is 10.1. The Hall–Kier alpha value is -2.41. The zero-order valence-electron chi connectivity index (χ0n) is 15.7. The molecule has 1 atom stereocenters. The van der Waals surface area contributed by atoms with E-state index in [-0.39, 0.29) is 24.3 Å². The number of hydrogen-bond acceptors (Lipinski definition) is 5. The van der Waals surface area contributed by atoms with Crippen LogP contribution < -0.4 is 15.4 Å². The molecule has 1 aliphatic rings. The Bertz CT molecular complexity index is 801. The number of hydrogen-bond donors (Lipinski definition) is 2. The van der Waals surface area contributed by atoms with E-state index in [1.54, 1.807) is 0 Å². The number of aryl methyl sites for hydroxylation is 1. The molecule has 1 fully saturated rings. The van der Waals surface area contributed by atoms with E-state index in [4.69, 9.17) is 4.74 Å². The van der Waals surface area contributed by atoms with Gasteiger partial charge in [0.25, 0.3) is 0 Å². The van der Waals surface area contributed by atoms with Crippen molar-refractivity contribution in [3.63, 3.8) is 0 Å². The largest absolute Gasteiger partial charge is 0.494 e. The van der Waals surface area contributed by atoms with Crippen LogP contribution in [0.1, 0.15) is 44.4 Å². The summed E-state index contributed by atoms with van der Waals surface area (Å²) in [5.41, 5.74) is 1.93. The predicted molar refractivity (Wildman–Crippen MR) is 107 cm³/mol. The fourth-order valence-corrected chi connectivity index (χ4v) is 4.23. The molecule has 6 nitrogen and oxygen atoms in total. The van der Waals surface area contributed by atoms with Crippen molar-refractivity contribution in [1.29, 1.82) is 0 Å². The Kier molecular flexibility index (Phi) is 6.45. The first-order valence-electron chi connectivity index (χ1n) is 9.41. The lowest BCUT2D eigenvalue weighted by Crippen LogP contribution is -2.29. The van der Waals surface area contributed by atoms with Crippen molar-refractivity contribution in [2.75, 3.05) is 11.9 Å². The van der Waals surface area contributed by atoms with Crippen molar-refractivity contribution in [3.8, 4) is 17.0 Å². The summed E-state index contributed by atoms with van der Waals surface area (Å²) < 4.78 is 5.50. The Morgan fingerprint density at radius 3 is 2.74 bits per heavy atom. The van der Waals surface area contributed by atoms with E-state index in [1.165, 1.54) is 11.3 Å². The number of rotatable bonds is 8. The molecule has 2 amide bonds. The SMILES string of the molecule is CCCc1sc(NC(=O)C[C@@H]2CCC(=O)N2)nc1-c1ccc(OCC)cc1. The quantitative estimate of drug-likeness (QED) is 0.723. The highest BCUT2D eigenvalue weighted by Gasteiger charge is 2.24. The molecule has 7 heteroatoms. The van der Waals surface area contributed by atoms with Crippen LogP contribution in [0.2, 0.25) is 0 Å². The molecule has 1 aromatic carbocycles. The highest BCUT2D eigenvalue weighted by Crippen LogP contribution is 2.33. The molecule has 2 N–H and O–H groups in total. The number of amides is 2. The number of nitrogens with one attached hydrogen (secondary N) is 2. The highest BCUT2D eigenvalue weighted by atomic mass is 32.1. The summed E-state index contributed by atoms with van der Waals surface area (Å²) in [6.07, 6.45) is 3.41. The topological polar surface area (TPSA) is 80.3 Å². The zero-order chi connectivity index (χ0) is 19.2. The van der Waals surface area contributed by atoms with Crippen LogP contribution in [0.25, 0.3) is 11.3 Å². The van der Waals surface area contributed by atoms with Gasteiger partial charge in [-0.25, -0.2) is 4.98 Å². The second-order valence-corrected chi connectivity index (χ2v) is 7.64. The van der Waals surface area contributed by atoms with Gasteiger partial charge in [-0.1, -0.05) is 13.3 Å². The second kappa shape index (κ2) is 8.99. The van der Waals surface area contributed by atoms with Gasteiger partial charge in [-0.2, -0.15) is 0 Å². The molecule has 1 aliphatic heterocycles. The van der Waals surface area contributed by atoms with Crippen LogP contribution in [0.4, 0.5) is 5.13 Å². The summed E-state index contributed by atoms with van der Waals surface area (Å²) in [4.78, 5) is 29.4. The smallest absolute Gasteiger partial charge is 0.228 e. The number of anilines is 1. The Morgan fingerprint density at radius 1 is 1.33 bits per heavy atom. The minimum atomic E-state index is -0.114. The summed E-state index contributed by atoms with van der Waals surface area (Å²) in [6, 6.07) is 7.81. The third-order valence-corrected chi connectivity index (χ3v) is 5.41. The lowest BCUT2D eigenvalue weighted by molar-refractivity contribution is -0.119. The minimum Gasteiger partial charge on any atom is -0.494 e. The fraction of sp³-hybridized carbons (Fsp3) is 0.450. The van der Waals surface area contributed by atoms with Gasteiger partial charge in [-0.3, -0.25) is 9.59 Å². The van der Waals surface area contributed by atoms with Crippen molar-refractivity contribution < 1.29 is 14.3 Å². The molecule has 0 radical (unpaired) electrons. The molecule has 0 aliphatic carbocycles. The molecule has 144 valence electrons. The highest BCUT2D eigenvalue weighted by molar-refractivity contribution is 7.16. The van der Waals surface area contributed by atoms with E-state index in [1.807, 2.05) is 31.2 Å². The number of thiazole rings is 1. The van der Waals surface area contributed by atoms with Gasteiger partial charge in [-0.05, 0) is 44.0 Å². The first-order valence-corrected chi connectivity index (χ1v) is 10.2. The van der Waals surface area contributed by atoms with E-state index in [0.29, 0.717) is 24.6 Å². The van der Waals surface area contributed by atoms with Gasteiger partial charge in [-0.15, -0.1) is 11.3 Å². The normalized spacial score (nSPS) is 16.2. The molecule has 1 aromatic heterocycles. The van der Waals surface area contributed by atoms with Gasteiger partial charge in [0.05, 0.1) is 12.3 Å². The molecule has 27 heavy (non-hydrogen) atoms. The van der Waals surface area contributed by atoms with Crippen LogP contribution in [-0.2, 0) is 16.0 Å². The molecular formula is C20H25N3O3S. The molecule has 1 saturated heterocycles. The fourth-order valence-electron chi connectivity index (χ4n) is 3.13. The third-order valence-electron chi connectivity index (χ3n) is 4.38. The summed E-state index contributed by atoms with van der Waals surface area (Å²) in [6.45, 7) is 4.72. The van der Waals surface area contributed by atoms with Gasteiger partial charge in [0.2, 0.25) is 11.8 Å². The van der Waals surface area contributed by atoms with Crippen molar-refractivity contribution >= 4 is 28.3 Å². The lowest BCUT2D eigenvalue weighted by Gasteiger charge is -2.08. The maximum atomic E-state index is 12.3. The number of aromatic nitrogens is 1. The van der Waals surface area contributed by atoms with Crippen LogP contribution >= 0.6 is 11.3 Å². The number of carbonyl (C=O) groups is 2. The van der Waals surface area contributed by atoms with Gasteiger partial charge >= 0.3 is 0 Å². The molecular weight excluding hydrogens is 362 g/mol. The monoisotopic (exact) mass is 387 g/mol. The second-order valence-electron chi connectivity index (χ2n) is 6.55. The summed E-state index contributed by atoms with van der Waals surface area (Å²) in [5.74, 6) is 0.739. The van der Waals surface area contributed by atoms with Gasteiger partial charge < -0.3 is 15.4 Å². The summed E-state index contributed by atoms with van der Waals surface area (Å²) in [7, 11) is 0. The van der Waals surface area contributed by atoms with Gasteiger partial charge in [0.15, 0.2) is 5.13 Å². The summed E-state index contributed by atoms with van der Waals surface area (Å²) in [5, 5.41) is 6.33. The molecule has 0 spiro atoms. The van der Waals surface area contributed by atoms with Gasteiger partial charge in [0.1, 0.15) is 5.75 Å². The molecule has 2 aromatic rings. The van der Waals surface area contributed by atoms with Crippen LogP contribution in [0.15, 0.2) is 24.3 Å². The van der Waals surface area contributed by atoms with E-state index >= 15 is 0 Å². The van der Waals surface area contributed by atoms with Crippen molar-refractivity contribution in [2.45, 2.75) is 52.0 Å². The maximum absolute atomic E-state index is 12.3. The minimum absolute atomic E-state index is 0.0186.